The van der Waals surface area contributed by atoms with Crippen molar-refractivity contribution in [2.45, 2.75) is 57.0 Å². The lowest BCUT2D eigenvalue weighted by Gasteiger charge is -2.24. The smallest absolute Gasteiger partial charge is 0.135 e. The second kappa shape index (κ2) is 7.92. The molecule has 0 amide bonds. The zero-order valence-electron chi connectivity index (χ0n) is 18.4. The van der Waals surface area contributed by atoms with E-state index in [4.69, 9.17) is 35.2 Å². The first-order valence-electron chi connectivity index (χ1n) is 11.5. The lowest BCUT2D eigenvalue weighted by molar-refractivity contribution is 0.392. The highest BCUT2D eigenvalue weighted by atomic mass is 16.6. The maximum Gasteiger partial charge on any atom is 0.135 e. The van der Waals surface area contributed by atoms with E-state index < -0.39 is 0 Å². The molecule has 4 unspecified atom stereocenters. The van der Waals surface area contributed by atoms with E-state index in [1.807, 2.05) is 25.1 Å². The molecular formula is C25H30N2O5. The predicted molar refractivity (Wildman–Crippen MR) is 120 cm³/mol. The molecular weight excluding hydrogens is 408 g/mol. The molecule has 6 rings (SSSR count). The van der Waals surface area contributed by atoms with E-state index in [1.54, 1.807) is 0 Å². The molecule has 0 spiro atoms. The van der Waals surface area contributed by atoms with Gasteiger partial charge in [0.05, 0.1) is 50.8 Å². The molecule has 4 heterocycles. The van der Waals surface area contributed by atoms with E-state index in [0.717, 1.165) is 86.1 Å². The third-order valence-corrected chi connectivity index (χ3v) is 6.79. The van der Waals surface area contributed by atoms with Gasteiger partial charge in [-0.15, -0.1) is 0 Å². The first kappa shape index (κ1) is 20.3. The summed E-state index contributed by atoms with van der Waals surface area (Å²) in [5.74, 6) is 1.60. The van der Waals surface area contributed by atoms with Crippen LogP contribution in [0.2, 0.25) is 0 Å². The highest BCUT2D eigenvalue weighted by Crippen LogP contribution is 2.44. The normalized spacial score (nSPS) is 27.3. The van der Waals surface area contributed by atoms with Gasteiger partial charge in [-0.2, -0.15) is 0 Å². The monoisotopic (exact) mass is 438 g/mol. The van der Waals surface area contributed by atoms with E-state index in [-0.39, 0.29) is 24.4 Å². The summed E-state index contributed by atoms with van der Waals surface area (Å²) in [4.78, 5) is 0. The molecule has 7 heteroatoms. The predicted octanol–water partition coefficient (Wildman–Crippen LogP) is 2.72. The van der Waals surface area contributed by atoms with Crippen LogP contribution in [0.4, 0.5) is 11.4 Å². The van der Waals surface area contributed by atoms with Gasteiger partial charge in [0.1, 0.15) is 11.5 Å². The summed E-state index contributed by atoms with van der Waals surface area (Å²) in [6.07, 6.45) is 4.17. The number of anilines is 2. The minimum Gasteiger partial charge on any atom is -0.456 e. The van der Waals surface area contributed by atoms with E-state index in [0.29, 0.717) is 0 Å². The molecule has 170 valence electrons. The molecule has 0 aliphatic carbocycles. The quantitative estimate of drug-likeness (QED) is 0.433. The number of hydrogen-bond acceptors (Lipinski definition) is 7. The van der Waals surface area contributed by atoms with Crippen LogP contribution < -0.4 is 16.2 Å². The van der Waals surface area contributed by atoms with Gasteiger partial charge in [-0.05, 0) is 30.2 Å². The third-order valence-electron chi connectivity index (χ3n) is 6.79. The van der Waals surface area contributed by atoms with Crippen LogP contribution in [0.1, 0.15) is 27.8 Å². The molecule has 4 saturated heterocycles. The van der Waals surface area contributed by atoms with Gasteiger partial charge >= 0.3 is 0 Å². The molecule has 4 aliphatic rings. The Labute approximate surface area is 187 Å². The Bertz CT molecular complexity index is 1040. The van der Waals surface area contributed by atoms with E-state index in [1.165, 1.54) is 16.7 Å². The lowest BCUT2D eigenvalue weighted by atomic mass is 9.87. The molecule has 32 heavy (non-hydrogen) atoms. The Morgan fingerprint density at radius 1 is 0.750 bits per heavy atom. The minimum absolute atomic E-state index is 0.219. The lowest BCUT2D eigenvalue weighted by Crippen LogP contribution is -2.15. The first-order valence-corrected chi connectivity index (χ1v) is 11.5. The highest BCUT2D eigenvalue weighted by Gasteiger charge is 2.35. The highest BCUT2D eigenvalue weighted by molar-refractivity contribution is 5.68. The molecule has 0 aromatic heterocycles. The molecule has 0 saturated carbocycles. The van der Waals surface area contributed by atoms with Crippen molar-refractivity contribution in [1.29, 1.82) is 0 Å². The largest absolute Gasteiger partial charge is 0.456 e. The van der Waals surface area contributed by atoms with Gasteiger partial charge in [-0.1, -0.05) is 6.07 Å². The zero-order chi connectivity index (χ0) is 21.8. The molecule has 7 nitrogen and oxygen atoms in total. The molecule has 4 atom stereocenters. The van der Waals surface area contributed by atoms with Crippen molar-refractivity contribution in [1.82, 2.24) is 0 Å². The van der Waals surface area contributed by atoms with Crippen LogP contribution >= 0.6 is 0 Å². The van der Waals surface area contributed by atoms with Gasteiger partial charge in [-0.25, -0.2) is 0 Å². The molecule has 2 aromatic carbocycles. The Morgan fingerprint density at radius 2 is 1.25 bits per heavy atom. The van der Waals surface area contributed by atoms with Crippen molar-refractivity contribution < 1.29 is 23.7 Å². The first-order chi connectivity index (χ1) is 15.6. The second-order valence-corrected chi connectivity index (χ2v) is 9.37. The standard InChI is InChI=1S/C25H30N2O5/c1-13-24(27)19(6-15-10-29-15)18(5-14-9-28-14)20(7-16-11-30-16)25(13)32-23-4-2-3-22(26)21(23)8-17-12-31-17/h2-4,14-17H,5-12,26-27H2,1H3. The van der Waals surface area contributed by atoms with Crippen molar-refractivity contribution in [3.63, 3.8) is 0 Å². The summed E-state index contributed by atoms with van der Waals surface area (Å²) in [6, 6.07) is 5.83. The fourth-order valence-corrected chi connectivity index (χ4v) is 4.55. The maximum absolute atomic E-state index is 6.73. The molecule has 4 N–H and O–H groups in total. The van der Waals surface area contributed by atoms with Crippen molar-refractivity contribution in [3.05, 3.63) is 46.0 Å². The average Bonchev–Trinajstić information content (AvgIpc) is 3.62. The number of nitrogens with two attached hydrogens (primary N) is 2. The molecule has 4 fully saturated rings. The summed E-state index contributed by atoms with van der Waals surface area (Å²) < 4.78 is 28.9. The second-order valence-electron chi connectivity index (χ2n) is 9.37. The molecule has 0 radical (unpaired) electrons. The zero-order valence-corrected chi connectivity index (χ0v) is 18.4. The van der Waals surface area contributed by atoms with Crippen molar-refractivity contribution in [2.75, 3.05) is 37.9 Å². The number of benzene rings is 2. The number of rotatable bonds is 10. The van der Waals surface area contributed by atoms with Gasteiger partial charge in [0, 0.05) is 53.7 Å². The summed E-state index contributed by atoms with van der Waals surface area (Å²) in [7, 11) is 0. The van der Waals surface area contributed by atoms with E-state index >= 15 is 0 Å². The Morgan fingerprint density at radius 3 is 1.81 bits per heavy atom. The van der Waals surface area contributed by atoms with Crippen molar-refractivity contribution >= 4 is 11.4 Å². The van der Waals surface area contributed by atoms with Gasteiger partial charge in [0.25, 0.3) is 0 Å². The van der Waals surface area contributed by atoms with Crippen LogP contribution in [-0.2, 0) is 44.6 Å². The maximum atomic E-state index is 6.73. The fraction of sp³-hybridized carbons (Fsp3) is 0.520. The van der Waals surface area contributed by atoms with Crippen LogP contribution in [0.15, 0.2) is 18.2 Å². The van der Waals surface area contributed by atoms with Crippen LogP contribution in [-0.4, -0.2) is 50.8 Å². The van der Waals surface area contributed by atoms with E-state index in [9.17, 15) is 0 Å². The number of nitrogen functional groups attached to an aromatic ring is 2. The van der Waals surface area contributed by atoms with Crippen molar-refractivity contribution in [3.8, 4) is 11.5 Å². The molecule has 0 bridgehead atoms. The van der Waals surface area contributed by atoms with Gasteiger partial charge in [-0.3, -0.25) is 0 Å². The SMILES string of the molecule is Cc1c(N)c(CC2CO2)c(CC2CO2)c(CC2CO2)c1Oc1cccc(N)c1CC1CO1. The average molecular weight is 439 g/mol. The molecule has 4 aliphatic heterocycles. The number of ether oxygens (including phenoxy) is 5. The Balaban J connectivity index is 1.44. The summed E-state index contributed by atoms with van der Waals surface area (Å²) in [5.41, 5.74) is 20.1. The van der Waals surface area contributed by atoms with Gasteiger partial charge < -0.3 is 35.2 Å². The van der Waals surface area contributed by atoms with Gasteiger partial charge in [0.15, 0.2) is 0 Å². The third kappa shape index (κ3) is 4.30. The van der Waals surface area contributed by atoms with Crippen LogP contribution in [0.5, 0.6) is 11.5 Å². The summed E-state index contributed by atoms with van der Waals surface area (Å²) in [6.45, 7) is 5.20. The van der Waals surface area contributed by atoms with Gasteiger partial charge in [0.2, 0.25) is 0 Å². The van der Waals surface area contributed by atoms with Crippen LogP contribution in [0.3, 0.4) is 0 Å². The fourth-order valence-electron chi connectivity index (χ4n) is 4.55. The Hall–Kier alpha value is -2.32. The summed E-state index contributed by atoms with van der Waals surface area (Å²) in [5, 5.41) is 0. The Kier molecular flexibility index (Phi) is 5.02. The number of epoxide rings is 4. The molecule has 2 aromatic rings. The number of hydrogen-bond donors (Lipinski definition) is 2. The minimum atomic E-state index is 0.219. The summed E-state index contributed by atoms with van der Waals surface area (Å²) >= 11 is 0. The van der Waals surface area contributed by atoms with Crippen LogP contribution in [0.25, 0.3) is 0 Å². The van der Waals surface area contributed by atoms with Crippen LogP contribution in [0, 0.1) is 6.92 Å². The van der Waals surface area contributed by atoms with E-state index in [2.05, 4.69) is 0 Å². The van der Waals surface area contributed by atoms with Crippen molar-refractivity contribution in [2.24, 2.45) is 0 Å². The topological polar surface area (TPSA) is 111 Å².